The van der Waals surface area contributed by atoms with Crippen LogP contribution in [0.5, 0.6) is 5.88 Å². The molecular formula is C24H28BrFN4O3S. The Morgan fingerprint density at radius 1 is 1.32 bits per heavy atom. The molecule has 2 saturated carbocycles. The lowest BCUT2D eigenvalue weighted by Gasteiger charge is -2.30. The molecule has 7 nitrogen and oxygen atoms in total. The predicted molar refractivity (Wildman–Crippen MR) is 132 cm³/mol. The standard InChI is InChI=1S/C24H28BrFN4O3S/c25-15-10-20-24(27-12-15)33-8-7-30(20)13-16-5-6-21(34-16)23(32)29-19(9-14-3-1-2-4-14)22(31)28-18-11-17(18)26/h5-6,10,12,14,17-19H,1-4,7-9,11,13H2,(H,28,31)(H,29,32)/t17-,18-,19+/m1/s1. The number of nitrogens with one attached hydrogen (secondary N) is 2. The van der Waals surface area contributed by atoms with Crippen LogP contribution in [0.3, 0.4) is 0 Å². The zero-order valence-corrected chi connectivity index (χ0v) is 21.2. The summed E-state index contributed by atoms with van der Waals surface area (Å²) < 4.78 is 19.9. The highest BCUT2D eigenvalue weighted by atomic mass is 79.9. The molecule has 2 aliphatic carbocycles. The molecule has 1 aliphatic heterocycles. The van der Waals surface area contributed by atoms with E-state index >= 15 is 0 Å². The monoisotopic (exact) mass is 550 g/mol. The van der Waals surface area contributed by atoms with Crippen molar-refractivity contribution >= 4 is 44.8 Å². The molecule has 3 atom stereocenters. The molecule has 182 valence electrons. The number of alkyl halides is 1. The summed E-state index contributed by atoms with van der Waals surface area (Å²) in [5.41, 5.74) is 0.916. The minimum absolute atomic E-state index is 0.256. The SMILES string of the molecule is O=C(N[C@@H](CC1CCCC1)C(=O)N[C@@H]1C[C@H]1F)c1ccc(CN2CCOc3ncc(Br)cc32)s1. The molecule has 0 bridgehead atoms. The number of hydrogen-bond acceptors (Lipinski definition) is 6. The van der Waals surface area contributed by atoms with E-state index in [0.29, 0.717) is 42.7 Å². The third kappa shape index (κ3) is 5.54. The number of pyridine rings is 1. The van der Waals surface area contributed by atoms with Crippen molar-refractivity contribution in [3.63, 3.8) is 0 Å². The number of aromatic nitrogens is 1. The predicted octanol–water partition coefficient (Wildman–Crippen LogP) is 4.21. The number of hydrogen-bond donors (Lipinski definition) is 2. The highest BCUT2D eigenvalue weighted by Crippen LogP contribution is 2.34. The molecule has 0 spiro atoms. The Labute approximate surface area is 210 Å². The molecule has 5 rings (SSSR count). The first-order valence-electron chi connectivity index (χ1n) is 11.8. The van der Waals surface area contributed by atoms with Gasteiger partial charge in [-0.15, -0.1) is 11.3 Å². The van der Waals surface area contributed by atoms with Crippen LogP contribution in [0.2, 0.25) is 0 Å². The quantitative estimate of drug-likeness (QED) is 0.514. The zero-order valence-electron chi connectivity index (χ0n) is 18.8. The second kappa shape index (κ2) is 10.2. The summed E-state index contributed by atoms with van der Waals surface area (Å²) in [6.45, 7) is 1.92. The number of fused-ring (bicyclic) bond motifs is 1. The number of nitrogens with zero attached hydrogens (tertiary/aromatic N) is 2. The second-order valence-electron chi connectivity index (χ2n) is 9.29. The summed E-state index contributed by atoms with van der Waals surface area (Å²) in [7, 11) is 0. The van der Waals surface area contributed by atoms with E-state index in [-0.39, 0.29) is 11.8 Å². The van der Waals surface area contributed by atoms with Crippen LogP contribution in [0.15, 0.2) is 28.9 Å². The van der Waals surface area contributed by atoms with Crippen LogP contribution in [0.25, 0.3) is 0 Å². The van der Waals surface area contributed by atoms with Crippen molar-refractivity contribution in [2.75, 3.05) is 18.1 Å². The van der Waals surface area contributed by atoms with Crippen LogP contribution in [0.1, 0.15) is 53.1 Å². The Morgan fingerprint density at radius 2 is 2.12 bits per heavy atom. The number of thiophene rings is 1. The number of ether oxygens (including phenoxy) is 1. The molecule has 2 N–H and O–H groups in total. The molecule has 34 heavy (non-hydrogen) atoms. The van der Waals surface area contributed by atoms with E-state index in [1.54, 1.807) is 12.3 Å². The molecule has 3 heterocycles. The minimum atomic E-state index is -0.965. The van der Waals surface area contributed by atoms with E-state index in [2.05, 4.69) is 36.4 Å². The topological polar surface area (TPSA) is 83.6 Å². The van der Waals surface area contributed by atoms with Gasteiger partial charge in [0.15, 0.2) is 0 Å². The Bertz CT molecular complexity index is 1060. The fourth-order valence-electron chi connectivity index (χ4n) is 4.70. The third-order valence-electron chi connectivity index (χ3n) is 6.68. The third-order valence-corrected chi connectivity index (χ3v) is 8.18. The van der Waals surface area contributed by atoms with Crippen LogP contribution in [0.4, 0.5) is 10.1 Å². The molecule has 0 radical (unpaired) electrons. The van der Waals surface area contributed by atoms with Gasteiger partial charge in [-0.25, -0.2) is 9.37 Å². The van der Waals surface area contributed by atoms with Crippen LogP contribution < -0.4 is 20.3 Å². The first kappa shape index (κ1) is 23.5. The van der Waals surface area contributed by atoms with Gasteiger partial charge in [-0.2, -0.15) is 0 Å². The molecule has 0 aromatic carbocycles. The smallest absolute Gasteiger partial charge is 0.262 e. The average molecular weight is 551 g/mol. The number of rotatable bonds is 8. The van der Waals surface area contributed by atoms with Crippen LogP contribution in [-0.2, 0) is 11.3 Å². The number of carbonyl (C=O) groups is 2. The van der Waals surface area contributed by atoms with Gasteiger partial charge in [0, 0.05) is 22.0 Å². The molecule has 3 aliphatic rings. The summed E-state index contributed by atoms with van der Waals surface area (Å²) in [4.78, 5) is 33.9. The van der Waals surface area contributed by atoms with Gasteiger partial charge in [0.1, 0.15) is 24.5 Å². The van der Waals surface area contributed by atoms with Gasteiger partial charge >= 0.3 is 0 Å². The fraction of sp³-hybridized carbons (Fsp3) is 0.542. The first-order chi connectivity index (χ1) is 16.5. The lowest BCUT2D eigenvalue weighted by Crippen LogP contribution is -2.48. The normalized spacial score (nSPS) is 22.6. The zero-order chi connectivity index (χ0) is 23.7. The van der Waals surface area contributed by atoms with Crippen molar-refractivity contribution in [1.29, 1.82) is 0 Å². The van der Waals surface area contributed by atoms with E-state index in [9.17, 15) is 14.0 Å². The van der Waals surface area contributed by atoms with Crippen molar-refractivity contribution in [2.24, 2.45) is 5.92 Å². The Balaban J connectivity index is 1.24. The summed E-state index contributed by atoms with van der Waals surface area (Å²) in [5.74, 6) is 0.500. The molecule has 0 saturated heterocycles. The molecule has 10 heteroatoms. The van der Waals surface area contributed by atoms with Crippen LogP contribution >= 0.6 is 27.3 Å². The molecule has 2 aromatic heterocycles. The average Bonchev–Trinajstić information content (AvgIpc) is 3.21. The van der Waals surface area contributed by atoms with Gasteiger partial charge in [0.05, 0.1) is 24.0 Å². The maximum absolute atomic E-state index is 13.3. The minimum Gasteiger partial charge on any atom is -0.474 e. The van der Waals surface area contributed by atoms with Gasteiger partial charge in [-0.05, 0) is 46.5 Å². The van der Waals surface area contributed by atoms with E-state index in [4.69, 9.17) is 4.74 Å². The van der Waals surface area contributed by atoms with E-state index in [1.165, 1.54) is 11.3 Å². The van der Waals surface area contributed by atoms with Gasteiger partial charge in [-0.3, -0.25) is 9.59 Å². The Hall–Kier alpha value is -2.20. The second-order valence-corrected chi connectivity index (χ2v) is 11.4. The number of anilines is 1. The summed E-state index contributed by atoms with van der Waals surface area (Å²) in [6.07, 6.45) is 6.18. The molecule has 2 fully saturated rings. The summed E-state index contributed by atoms with van der Waals surface area (Å²) in [6, 6.07) is 4.69. The maximum Gasteiger partial charge on any atom is 0.262 e. The molecule has 0 unspecified atom stereocenters. The highest BCUT2D eigenvalue weighted by molar-refractivity contribution is 9.10. The largest absolute Gasteiger partial charge is 0.474 e. The first-order valence-corrected chi connectivity index (χ1v) is 13.4. The van der Waals surface area contributed by atoms with Gasteiger partial charge in [0.2, 0.25) is 11.8 Å². The summed E-state index contributed by atoms with van der Waals surface area (Å²) >= 11 is 4.88. The van der Waals surface area contributed by atoms with E-state index < -0.39 is 18.3 Å². The number of halogens is 2. The maximum atomic E-state index is 13.3. The number of amides is 2. The Kier molecular flexibility index (Phi) is 7.06. The van der Waals surface area contributed by atoms with Crippen molar-refractivity contribution in [3.8, 4) is 5.88 Å². The van der Waals surface area contributed by atoms with Gasteiger partial charge in [0.25, 0.3) is 5.91 Å². The van der Waals surface area contributed by atoms with E-state index in [0.717, 1.165) is 47.3 Å². The van der Waals surface area contributed by atoms with Crippen LogP contribution in [-0.4, -0.2) is 48.2 Å². The van der Waals surface area contributed by atoms with Crippen molar-refractivity contribution < 1.29 is 18.7 Å². The van der Waals surface area contributed by atoms with Gasteiger partial charge < -0.3 is 20.3 Å². The van der Waals surface area contributed by atoms with Crippen molar-refractivity contribution in [3.05, 3.63) is 38.6 Å². The number of carbonyl (C=O) groups excluding carboxylic acids is 2. The van der Waals surface area contributed by atoms with Crippen molar-refractivity contribution in [1.82, 2.24) is 15.6 Å². The lowest BCUT2D eigenvalue weighted by molar-refractivity contribution is -0.123. The molecular weight excluding hydrogens is 523 g/mol. The van der Waals surface area contributed by atoms with Gasteiger partial charge in [-0.1, -0.05) is 25.7 Å². The molecule has 2 amide bonds. The lowest BCUT2D eigenvalue weighted by atomic mass is 9.97. The fourth-order valence-corrected chi connectivity index (χ4v) is 5.95. The molecule has 2 aromatic rings. The van der Waals surface area contributed by atoms with E-state index in [1.807, 2.05) is 12.1 Å². The highest BCUT2D eigenvalue weighted by Gasteiger charge is 2.40. The van der Waals surface area contributed by atoms with Crippen LogP contribution in [0, 0.1) is 5.92 Å². The van der Waals surface area contributed by atoms with Crippen molar-refractivity contribution in [2.45, 2.75) is 63.3 Å². The Morgan fingerprint density at radius 3 is 2.88 bits per heavy atom. The summed E-state index contributed by atoms with van der Waals surface area (Å²) in [5, 5.41) is 5.69.